The molecule has 1 aliphatic carbocycles. The Morgan fingerprint density at radius 3 is 2.53 bits per heavy atom. The van der Waals surface area contributed by atoms with Gasteiger partial charge in [0.05, 0.1) is 11.0 Å². The minimum Gasteiger partial charge on any atom is -0.387 e. The fraction of sp³-hybridized carbons (Fsp3) is 0.727. The summed E-state index contributed by atoms with van der Waals surface area (Å²) >= 11 is 1.41. The summed E-state index contributed by atoms with van der Waals surface area (Å²) in [5.41, 5.74) is 5.57. The molecule has 15 heavy (non-hydrogen) atoms. The molecule has 3 nitrogen and oxygen atoms in total. The first-order valence-electron chi connectivity index (χ1n) is 5.66. The lowest BCUT2D eigenvalue weighted by Crippen LogP contribution is -2.10. The van der Waals surface area contributed by atoms with Crippen LogP contribution in [0.3, 0.4) is 0 Å². The number of thiazole rings is 1. The van der Waals surface area contributed by atoms with E-state index in [1.54, 1.807) is 6.20 Å². The van der Waals surface area contributed by atoms with E-state index in [0.717, 1.165) is 17.7 Å². The summed E-state index contributed by atoms with van der Waals surface area (Å²) in [6, 6.07) is 0. The average molecular weight is 226 g/mol. The van der Waals surface area contributed by atoms with Gasteiger partial charge in [-0.15, -0.1) is 0 Å². The Hall–Kier alpha value is -0.610. The molecule has 0 spiro atoms. The molecular weight excluding hydrogens is 208 g/mol. The highest BCUT2D eigenvalue weighted by Crippen LogP contribution is 2.35. The van der Waals surface area contributed by atoms with E-state index in [4.69, 9.17) is 5.73 Å². The second-order valence-corrected chi connectivity index (χ2v) is 5.39. The lowest BCUT2D eigenvalue weighted by atomic mass is 9.93. The van der Waals surface area contributed by atoms with Gasteiger partial charge in [0.1, 0.15) is 0 Å². The molecule has 1 heterocycles. The predicted molar refractivity (Wildman–Crippen MR) is 62.7 cm³/mol. The van der Waals surface area contributed by atoms with Gasteiger partial charge >= 0.3 is 0 Å². The largest absolute Gasteiger partial charge is 0.387 e. The molecule has 4 heteroatoms. The van der Waals surface area contributed by atoms with Crippen LogP contribution in [0.2, 0.25) is 0 Å². The van der Waals surface area contributed by atoms with E-state index in [0.29, 0.717) is 11.0 Å². The van der Waals surface area contributed by atoms with Crippen molar-refractivity contribution in [3.63, 3.8) is 0 Å². The number of nitrogens with two attached hydrogens (primary N) is 1. The summed E-state index contributed by atoms with van der Waals surface area (Å²) in [7, 11) is 0. The van der Waals surface area contributed by atoms with E-state index < -0.39 is 0 Å². The molecule has 0 aromatic carbocycles. The van der Waals surface area contributed by atoms with Crippen LogP contribution in [0.25, 0.3) is 0 Å². The van der Waals surface area contributed by atoms with Gasteiger partial charge in [-0.05, 0) is 18.8 Å². The number of anilines is 1. The van der Waals surface area contributed by atoms with Crippen molar-refractivity contribution in [2.75, 3.05) is 5.73 Å². The van der Waals surface area contributed by atoms with Crippen molar-refractivity contribution in [1.82, 2.24) is 4.98 Å². The van der Waals surface area contributed by atoms with Crippen molar-refractivity contribution < 1.29 is 5.11 Å². The Kier molecular flexibility index (Phi) is 3.59. The van der Waals surface area contributed by atoms with Gasteiger partial charge in [0.2, 0.25) is 0 Å². The number of nitrogen functional groups attached to an aromatic ring is 1. The maximum atomic E-state index is 10.2. The summed E-state index contributed by atoms with van der Waals surface area (Å²) in [6.07, 6.45) is 8.76. The SMILES string of the molecule is Nc1ncc(C(O)C2CCCCCC2)s1. The van der Waals surface area contributed by atoms with Crippen LogP contribution in [-0.4, -0.2) is 10.1 Å². The van der Waals surface area contributed by atoms with Crippen molar-refractivity contribution >= 4 is 16.5 Å². The van der Waals surface area contributed by atoms with Crippen LogP contribution in [0, 0.1) is 5.92 Å². The molecule has 0 aliphatic heterocycles. The first-order valence-corrected chi connectivity index (χ1v) is 6.48. The zero-order chi connectivity index (χ0) is 10.7. The molecule has 1 fully saturated rings. The molecule has 1 aromatic heterocycles. The third kappa shape index (κ3) is 2.69. The molecule has 1 aromatic rings. The van der Waals surface area contributed by atoms with Crippen LogP contribution in [0.15, 0.2) is 6.20 Å². The minimum absolute atomic E-state index is 0.349. The first-order chi connectivity index (χ1) is 7.27. The highest BCUT2D eigenvalue weighted by Gasteiger charge is 2.23. The van der Waals surface area contributed by atoms with Gasteiger partial charge in [0, 0.05) is 6.20 Å². The molecule has 0 amide bonds. The summed E-state index contributed by atoms with van der Waals surface area (Å²) in [6.45, 7) is 0. The third-order valence-corrected chi connectivity index (χ3v) is 4.08. The fourth-order valence-electron chi connectivity index (χ4n) is 2.30. The lowest BCUT2D eigenvalue weighted by Gasteiger charge is -2.19. The molecule has 1 atom stereocenters. The number of rotatable bonds is 2. The maximum Gasteiger partial charge on any atom is 0.180 e. The number of nitrogens with zero attached hydrogens (tertiary/aromatic N) is 1. The second kappa shape index (κ2) is 4.94. The zero-order valence-electron chi connectivity index (χ0n) is 8.85. The zero-order valence-corrected chi connectivity index (χ0v) is 9.67. The minimum atomic E-state index is -0.349. The van der Waals surface area contributed by atoms with Crippen LogP contribution in [0.1, 0.15) is 49.5 Å². The Morgan fingerprint density at radius 2 is 2.00 bits per heavy atom. The first kappa shape index (κ1) is 10.9. The number of hydrogen-bond acceptors (Lipinski definition) is 4. The molecule has 1 aliphatic rings. The van der Waals surface area contributed by atoms with E-state index in [9.17, 15) is 5.11 Å². The Labute approximate surface area is 94.3 Å². The van der Waals surface area contributed by atoms with Crippen molar-refractivity contribution in [2.45, 2.75) is 44.6 Å². The van der Waals surface area contributed by atoms with Gasteiger partial charge in [-0.25, -0.2) is 4.98 Å². The van der Waals surface area contributed by atoms with E-state index in [1.165, 1.54) is 37.0 Å². The summed E-state index contributed by atoms with van der Waals surface area (Å²) in [5, 5.41) is 10.8. The number of aliphatic hydroxyl groups excluding tert-OH is 1. The van der Waals surface area contributed by atoms with Crippen molar-refractivity contribution in [3.05, 3.63) is 11.1 Å². The number of hydrogen-bond donors (Lipinski definition) is 2. The van der Waals surface area contributed by atoms with Gasteiger partial charge in [0.15, 0.2) is 5.13 Å². The standard InChI is InChI=1S/C11H18N2OS/c12-11-13-7-9(15-11)10(14)8-5-3-1-2-4-6-8/h7-8,10,14H,1-6H2,(H2,12,13). The Balaban J connectivity index is 2.02. The number of aliphatic hydroxyl groups is 1. The van der Waals surface area contributed by atoms with Crippen molar-refractivity contribution in [1.29, 1.82) is 0 Å². The molecule has 0 saturated heterocycles. The van der Waals surface area contributed by atoms with Crippen LogP contribution < -0.4 is 5.73 Å². The summed E-state index contributed by atoms with van der Waals surface area (Å²) in [5.74, 6) is 0.410. The van der Waals surface area contributed by atoms with E-state index in [2.05, 4.69) is 4.98 Å². The molecular formula is C11H18N2OS. The summed E-state index contributed by atoms with van der Waals surface area (Å²) < 4.78 is 0. The molecule has 84 valence electrons. The highest BCUT2D eigenvalue weighted by atomic mass is 32.1. The normalized spacial score (nSPS) is 21.1. The highest BCUT2D eigenvalue weighted by molar-refractivity contribution is 7.15. The quantitative estimate of drug-likeness (QED) is 0.762. The molecule has 2 rings (SSSR count). The molecule has 0 bridgehead atoms. The van der Waals surface area contributed by atoms with E-state index >= 15 is 0 Å². The van der Waals surface area contributed by atoms with E-state index in [1.807, 2.05) is 0 Å². The van der Waals surface area contributed by atoms with Gasteiger partial charge in [-0.1, -0.05) is 37.0 Å². The van der Waals surface area contributed by atoms with Gasteiger partial charge in [0.25, 0.3) is 0 Å². The average Bonchev–Trinajstić information content (AvgIpc) is 2.53. The van der Waals surface area contributed by atoms with Gasteiger partial charge in [-0.2, -0.15) is 0 Å². The van der Waals surface area contributed by atoms with Crippen LogP contribution >= 0.6 is 11.3 Å². The van der Waals surface area contributed by atoms with Crippen molar-refractivity contribution in [2.24, 2.45) is 5.92 Å². The van der Waals surface area contributed by atoms with Crippen molar-refractivity contribution in [3.8, 4) is 0 Å². The predicted octanol–water partition coefficient (Wildman–Crippen LogP) is 2.73. The second-order valence-electron chi connectivity index (χ2n) is 4.30. The lowest BCUT2D eigenvalue weighted by molar-refractivity contribution is 0.102. The molecule has 0 radical (unpaired) electrons. The van der Waals surface area contributed by atoms with Gasteiger partial charge < -0.3 is 10.8 Å². The van der Waals surface area contributed by atoms with E-state index in [-0.39, 0.29) is 6.10 Å². The maximum absolute atomic E-state index is 10.2. The molecule has 3 N–H and O–H groups in total. The topological polar surface area (TPSA) is 59.1 Å². The molecule has 1 saturated carbocycles. The Morgan fingerprint density at radius 1 is 1.33 bits per heavy atom. The fourth-order valence-corrected chi connectivity index (χ4v) is 3.06. The van der Waals surface area contributed by atoms with Crippen LogP contribution in [-0.2, 0) is 0 Å². The third-order valence-electron chi connectivity index (χ3n) is 3.18. The monoisotopic (exact) mass is 226 g/mol. The number of aromatic nitrogens is 1. The molecule has 1 unspecified atom stereocenters. The Bertz CT molecular complexity index is 305. The van der Waals surface area contributed by atoms with Crippen LogP contribution in [0.4, 0.5) is 5.13 Å². The smallest absolute Gasteiger partial charge is 0.180 e. The van der Waals surface area contributed by atoms with Crippen LogP contribution in [0.5, 0.6) is 0 Å². The summed E-state index contributed by atoms with van der Waals surface area (Å²) in [4.78, 5) is 4.92. The van der Waals surface area contributed by atoms with Gasteiger partial charge in [-0.3, -0.25) is 0 Å².